The lowest BCUT2D eigenvalue weighted by Gasteiger charge is -2.30. The summed E-state index contributed by atoms with van der Waals surface area (Å²) in [5, 5.41) is 11.7. The molecule has 0 aliphatic carbocycles. The minimum atomic E-state index is -0.131. The molecule has 0 atom stereocenters. The van der Waals surface area contributed by atoms with Crippen LogP contribution in [-0.2, 0) is 0 Å². The highest BCUT2D eigenvalue weighted by Crippen LogP contribution is 2.25. The van der Waals surface area contributed by atoms with E-state index in [0.29, 0.717) is 48.0 Å². The average Bonchev–Trinajstić information content (AvgIpc) is 3.24. The first-order chi connectivity index (χ1) is 13.6. The number of piperidine rings is 1. The van der Waals surface area contributed by atoms with Gasteiger partial charge in [0, 0.05) is 42.3 Å². The van der Waals surface area contributed by atoms with Crippen molar-refractivity contribution in [1.82, 2.24) is 19.9 Å². The molecule has 1 N–H and O–H groups in total. The van der Waals surface area contributed by atoms with Gasteiger partial charge in [-0.15, -0.1) is 11.3 Å². The fraction of sp³-hybridized carbons (Fsp3) is 0.250. The number of carbonyl (C=O) groups is 2. The van der Waals surface area contributed by atoms with E-state index >= 15 is 0 Å². The number of phenolic OH excluding ortho intramolecular Hbond substituents is 1. The minimum Gasteiger partial charge on any atom is -0.508 e. The number of amides is 1. The molecule has 0 unspecified atom stereocenters. The molecule has 0 saturated carbocycles. The summed E-state index contributed by atoms with van der Waals surface area (Å²) in [4.78, 5) is 39.8. The first kappa shape index (κ1) is 18.2. The lowest BCUT2D eigenvalue weighted by atomic mass is 9.89. The van der Waals surface area contributed by atoms with E-state index in [1.54, 1.807) is 40.9 Å². The van der Waals surface area contributed by atoms with E-state index in [2.05, 4.69) is 15.0 Å². The fourth-order valence-electron chi connectivity index (χ4n) is 3.25. The number of carbonyl (C=O) groups excluding carboxylic acids is 2. The summed E-state index contributed by atoms with van der Waals surface area (Å²) in [5.74, 6) is 0.459. The van der Waals surface area contributed by atoms with Crippen molar-refractivity contribution in [2.45, 2.75) is 12.8 Å². The molecular weight excluding hydrogens is 376 g/mol. The van der Waals surface area contributed by atoms with Crippen molar-refractivity contribution in [2.24, 2.45) is 5.92 Å². The molecule has 2 aromatic heterocycles. The Bertz CT molecular complexity index is 980. The van der Waals surface area contributed by atoms with Crippen LogP contribution < -0.4 is 0 Å². The smallest absolute Gasteiger partial charge is 0.273 e. The van der Waals surface area contributed by atoms with Crippen molar-refractivity contribution < 1.29 is 14.7 Å². The first-order valence-electron chi connectivity index (χ1n) is 8.97. The normalized spacial score (nSPS) is 14.8. The Labute approximate surface area is 165 Å². The van der Waals surface area contributed by atoms with Crippen molar-refractivity contribution in [3.05, 3.63) is 59.4 Å². The van der Waals surface area contributed by atoms with Gasteiger partial charge in [0.25, 0.3) is 5.91 Å². The van der Waals surface area contributed by atoms with Gasteiger partial charge in [0.05, 0.1) is 0 Å². The van der Waals surface area contributed by atoms with Crippen LogP contribution in [0.4, 0.5) is 0 Å². The molecule has 1 aliphatic heterocycles. The number of aromatic nitrogens is 3. The van der Waals surface area contributed by atoms with Crippen LogP contribution >= 0.6 is 11.3 Å². The van der Waals surface area contributed by atoms with Crippen LogP contribution in [-0.4, -0.2) is 49.7 Å². The van der Waals surface area contributed by atoms with Gasteiger partial charge in [0.15, 0.2) is 16.6 Å². The third-order valence-electron chi connectivity index (χ3n) is 4.79. The van der Waals surface area contributed by atoms with E-state index in [0.717, 1.165) is 0 Å². The van der Waals surface area contributed by atoms with E-state index < -0.39 is 0 Å². The van der Waals surface area contributed by atoms with Gasteiger partial charge in [-0.2, -0.15) is 0 Å². The molecule has 0 radical (unpaired) electrons. The molecule has 1 aliphatic rings. The first-order valence-corrected chi connectivity index (χ1v) is 9.85. The Kier molecular flexibility index (Phi) is 5.12. The van der Waals surface area contributed by atoms with Crippen LogP contribution in [0.1, 0.15) is 33.7 Å². The van der Waals surface area contributed by atoms with E-state index in [1.165, 1.54) is 23.5 Å². The minimum absolute atomic E-state index is 0.0595. The zero-order chi connectivity index (χ0) is 19.5. The Morgan fingerprint density at radius 3 is 2.43 bits per heavy atom. The lowest BCUT2D eigenvalue weighted by Crippen LogP contribution is -2.40. The van der Waals surface area contributed by atoms with Crippen molar-refractivity contribution in [3.8, 4) is 16.6 Å². The maximum atomic E-state index is 12.7. The van der Waals surface area contributed by atoms with Crippen LogP contribution in [0.25, 0.3) is 10.8 Å². The van der Waals surface area contributed by atoms with Crippen molar-refractivity contribution in [3.63, 3.8) is 0 Å². The van der Waals surface area contributed by atoms with Crippen molar-refractivity contribution >= 4 is 23.0 Å². The maximum Gasteiger partial charge on any atom is 0.273 e. The molecule has 8 heteroatoms. The highest BCUT2D eigenvalue weighted by Gasteiger charge is 2.29. The number of thiazole rings is 1. The molecule has 1 amide bonds. The predicted molar refractivity (Wildman–Crippen MR) is 104 cm³/mol. The SMILES string of the molecule is O=C(c1ccc(O)cc1)C1CCN(C(=O)c2csc(-c3ncccn3)n2)CC1. The molecule has 0 spiro atoms. The van der Waals surface area contributed by atoms with Gasteiger partial charge >= 0.3 is 0 Å². The summed E-state index contributed by atoms with van der Waals surface area (Å²) in [6, 6.07) is 8.03. The molecule has 28 heavy (non-hydrogen) atoms. The largest absolute Gasteiger partial charge is 0.508 e. The number of aromatic hydroxyl groups is 1. The van der Waals surface area contributed by atoms with E-state index in [9.17, 15) is 14.7 Å². The highest BCUT2D eigenvalue weighted by atomic mass is 32.1. The van der Waals surface area contributed by atoms with Crippen molar-refractivity contribution in [1.29, 1.82) is 0 Å². The molecule has 1 saturated heterocycles. The van der Waals surface area contributed by atoms with E-state index in [1.807, 2.05) is 0 Å². The number of hydrogen-bond acceptors (Lipinski definition) is 7. The second-order valence-electron chi connectivity index (χ2n) is 6.59. The molecule has 3 heterocycles. The van der Waals surface area contributed by atoms with Crippen molar-refractivity contribution in [2.75, 3.05) is 13.1 Å². The predicted octanol–water partition coefficient (Wildman–Crippen LogP) is 3.04. The lowest BCUT2D eigenvalue weighted by molar-refractivity contribution is 0.0646. The summed E-state index contributed by atoms with van der Waals surface area (Å²) < 4.78 is 0. The number of benzene rings is 1. The molecule has 142 valence electrons. The molecule has 1 fully saturated rings. The summed E-state index contributed by atoms with van der Waals surface area (Å²) in [6.07, 6.45) is 4.51. The van der Waals surface area contributed by atoms with Crippen LogP contribution in [0.2, 0.25) is 0 Å². The molecular formula is C20H18N4O3S. The quantitative estimate of drug-likeness (QED) is 0.683. The molecule has 4 rings (SSSR count). The van der Waals surface area contributed by atoms with Gasteiger partial charge in [-0.05, 0) is 43.2 Å². The van der Waals surface area contributed by atoms with Gasteiger partial charge in [0.2, 0.25) is 0 Å². The standard InChI is InChI=1S/C20H18N4O3S/c25-15-4-2-13(3-5-15)17(26)14-6-10-24(11-7-14)20(27)16-12-28-19(23-16)18-21-8-1-9-22-18/h1-5,8-9,12,14,25H,6-7,10-11H2. The van der Waals surface area contributed by atoms with Gasteiger partial charge in [-0.25, -0.2) is 15.0 Å². The number of nitrogens with zero attached hydrogens (tertiary/aromatic N) is 4. The van der Waals surface area contributed by atoms with E-state index in [4.69, 9.17) is 0 Å². The second kappa shape index (κ2) is 7.85. The van der Waals surface area contributed by atoms with Crippen LogP contribution in [0, 0.1) is 5.92 Å². The Morgan fingerprint density at radius 2 is 1.75 bits per heavy atom. The summed E-state index contributed by atoms with van der Waals surface area (Å²) in [7, 11) is 0. The number of phenols is 1. The fourth-order valence-corrected chi connectivity index (χ4v) is 3.99. The van der Waals surface area contributed by atoms with Gasteiger partial charge < -0.3 is 10.0 Å². The zero-order valence-electron chi connectivity index (χ0n) is 15.0. The van der Waals surface area contributed by atoms with Crippen LogP contribution in [0.5, 0.6) is 5.75 Å². The highest BCUT2D eigenvalue weighted by molar-refractivity contribution is 7.13. The molecule has 1 aromatic carbocycles. The zero-order valence-corrected chi connectivity index (χ0v) is 15.8. The van der Waals surface area contributed by atoms with Crippen LogP contribution in [0.15, 0.2) is 48.1 Å². The average molecular weight is 394 g/mol. The van der Waals surface area contributed by atoms with Crippen LogP contribution in [0.3, 0.4) is 0 Å². The topological polar surface area (TPSA) is 96.3 Å². The number of rotatable bonds is 4. The third-order valence-corrected chi connectivity index (χ3v) is 5.62. The summed E-state index contributed by atoms with van der Waals surface area (Å²) in [6.45, 7) is 1.03. The third kappa shape index (κ3) is 3.77. The number of ketones is 1. The molecule has 7 nitrogen and oxygen atoms in total. The van der Waals surface area contributed by atoms with Gasteiger partial charge in [-0.1, -0.05) is 0 Å². The van der Waals surface area contributed by atoms with E-state index in [-0.39, 0.29) is 23.4 Å². The monoisotopic (exact) mass is 394 g/mol. The number of likely N-dealkylation sites (tertiary alicyclic amines) is 1. The van der Waals surface area contributed by atoms with Gasteiger partial charge in [0.1, 0.15) is 11.4 Å². The summed E-state index contributed by atoms with van der Waals surface area (Å²) in [5.41, 5.74) is 0.977. The molecule has 3 aromatic rings. The maximum absolute atomic E-state index is 12.7. The summed E-state index contributed by atoms with van der Waals surface area (Å²) >= 11 is 1.34. The number of hydrogen-bond donors (Lipinski definition) is 1. The van der Waals surface area contributed by atoms with Gasteiger partial charge in [-0.3, -0.25) is 9.59 Å². The molecule has 0 bridgehead atoms. The Hall–Kier alpha value is -3.13. The number of Topliss-reactive ketones (excluding diaryl/α,β-unsaturated/α-hetero) is 1. The Balaban J connectivity index is 1.38. The second-order valence-corrected chi connectivity index (χ2v) is 7.45. The Morgan fingerprint density at radius 1 is 1.07 bits per heavy atom.